The van der Waals surface area contributed by atoms with Gasteiger partial charge < -0.3 is 21.1 Å². The van der Waals surface area contributed by atoms with E-state index in [4.69, 9.17) is 32.7 Å². The molecular weight excluding hydrogens is 432 g/mol. The number of hydrogen-bond acceptors (Lipinski definition) is 8. The van der Waals surface area contributed by atoms with Crippen LogP contribution in [0.4, 0.5) is 5.82 Å². The summed E-state index contributed by atoms with van der Waals surface area (Å²) in [5.74, 6) is 0.738. The van der Waals surface area contributed by atoms with E-state index in [0.29, 0.717) is 15.8 Å². The maximum atomic E-state index is 9.99. The molecule has 1 atom stereocenters. The summed E-state index contributed by atoms with van der Waals surface area (Å²) >= 11 is 7.81. The number of thioether (sulfide) groups is 1. The molecule has 0 spiro atoms. The molecule has 31 heavy (non-hydrogen) atoms. The molecule has 0 saturated carbocycles. The van der Waals surface area contributed by atoms with Crippen LogP contribution in [0.5, 0.6) is 0 Å². The lowest BCUT2D eigenvalue weighted by Gasteiger charge is -2.42. The minimum atomic E-state index is -0.190. The van der Waals surface area contributed by atoms with Gasteiger partial charge in [-0.3, -0.25) is 5.41 Å². The molecule has 2 aliphatic rings. The first kappa shape index (κ1) is 23.8. The van der Waals surface area contributed by atoms with Crippen LogP contribution in [-0.4, -0.2) is 47.0 Å². The lowest BCUT2D eigenvalue weighted by atomic mass is 9.75. The standard InChI is InChI=1S/C22H31ClN6OS/c1-13-21(31-17-6-5-15(11-26-4)19(25)18(17)23)28-16(12-30)20(27-13)29-9-7-22(3,8-10-29)14(2)24/h5-6,11,14,25-26,30H,7-10,12,24H2,1-4H3/b15-11-,25-19?. The Morgan fingerprint density at radius 3 is 2.65 bits per heavy atom. The molecule has 1 aliphatic carbocycles. The van der Waals surface area contributed by atoms with E-state index in [-0.39, 0.29) is 23.8 Å². The molecule has 5 N–H and O–H groups in total. The van der Waals surface area contributed by atoms with Gasteiger partial charge >= 0.3 is 0 Å². The van der Waals surface area contributed by atoms with Gasteiger partial charge in [0.1, 0.15) is 10.7 Å². The van der Waals surface area contributed by atoms with Gasteiger partial charge in [0.25, 0.3) is 0 Å². The van der Waals surface area contributed by atoms with Gasteiger partial charge in [-0.25, -0.2) is 9.97 Å². The van der Waals surface area contributed by atoms with Gasteiger partial charge in [-0.05, 0) is 38.2 Å². The maximum Gasteiger partial charge on any atom is 0.153 e. The Labute approximate surface area is 193 Å². The number of aromatic nitrogens is 2. The Bertz CT molecular complexity index is 948. The molecule has 1 unspecified atom stereocenters. The topological polar surface area (TPSA) is 111 Å². The van der Waals surface area contributed by atoms with Crippen LogP contribution >= 0.6 is 23.4 Å². The number of aliphatic hydroxyl groups is 1. The number of anilines is 1. The largest absolute Gasteiger partial charge is 0.393 e. The molecule has 168 valence electrons. The smallest absolute Gasteiger partial charge is 0.153 e. The number of halogens is 1. The molecule has 1 saturated heterocycles. The summed E-state index contributed by atoms with van der Waals surface area (Å²) in [5, 5.41) is 22.2. The zero-order chi connectivity index (χ0) is 22.8. The number of allylic oxidation sites excluding steroid dienone is 4. The molecule has 0 aromatic carbocycles. The van der Waals surface area contributed by atoms with Crippen molar-refractivity contribution >= 4 is 34.9 Å². The molecule has 9 heteroatoms. The van der Waals surface area contributed by atoms with E-state index >= 15 is 0 Å². The van der Waals surface area contributed by atoms with E-state index in [1.807, 2.05) is 19.1 Å². The highest BCUT2D eigenvalue weighted by atomic mass is 35.5. The molecule has 0 amide bonds. The van der Waals surface area contributed by atoms with Crippen molar-refractivity contribution < 1.29 is 5.11 Å². The van der Waals surface area contributed by atoms with E-state index in [1.54, 1.807) is 13.2 Å². The third-order valence-corrected chi connectivity index (χ3v) is 7.82. The van der Waals surface area contributed by atoms with Gasteiger partial charge in [-0.1, -0.05) is 36.4 Å². The molecule has 1 aromatic rings. The van der Waals surface area contributed by atoms with Gasteiger partial charge in [-0.2, -0.15) is 0 Å². The highest BCUT2D eigenvalue weighted by Crippen LogP contribution is 2.38. The second-order valence-electron chi connectivity index (χ2n) is 8.35. The second-order valence-corrected chi connectivity index (χ2v) is 9.76. The highest BCUT2D eigenvalue weighted by molar-refractivity contribution is 8.03. The SMILES string of the molecule is CN/C=C1/C=CC(Sc2nc(CO)c(N3CCC(C)(C(C)N)CC3)nc2C)=C(Cl)C1=N. The van der Waals surface area contributed by atoms with Gasteiger partial charge in [0.15, 0.2) is 5.82 Å². The second kappa shape index (κ2) is 9.73. The average molecular weight is 463 g/mol. The van der Waals surface area contributed by atoms with Gasteiger partial charge in [0, 0.05) is 42.9 Å². The van der Waals surface area contributed by atoms with Gasteiger partial charge in [0.2, 0.25) is 0 Å². The third-order valence-electron chi connectivity index (χ3n) is 6.18. The number of nitrogens with one attached hydrogen (secondary N) is 2. The normalized spacial score (nSPS) is 21.1. The Morgan fingerprint density at radius 2 is 2.06 bits per heavy atom. The Kier molecular flexibility index (Phi) is 7.47. The quantitative estimate of drug-likeness (QED) is 0.512. The Hall–Kier alpha value is -1.87. The number of aryl methyl sites for hydroxylation is 1. The maximum absolute atomic E-state index is 9.99. The molecular formula is C22H31ClN6OS. The van der Waals surface area contributed by atoms with Gasteiger partial charge in [-0.15, -0.1) is 0 Å². The van der Waals surface area contributed by atoms with E-state index in [1.165, 1.54) is 11.8 Å². The number of piperidine rings is 1. The number of hydrogen-bond donors (Lipinski definition) is 4. The highest BCUT2D eigenvalue weighted by Gasteiger charge is 2.34. The van der Waals surface area contributed by atoms with Gasteiger partial charge in [0.05, 0.1) is 23.0 Å². The van der Waals surface area contributed by atoms with Crippen LogP contribution in [0.15, 0.2) is 38.9 Å². The summed E-state index contributed by atoms with van der Waals surface area (Å²) in [5.41, 5.74) is 8.61. The molecule has 1 aromatic heterocycles. The van der Waals surface area contributed by atoms with E-state index < -0.39 is 0 Å². The molecule has 2 heterocycles. The number of rotatable bonds is 6. The molecule has 0 bridgehead atoms. The Balaban J connectivity index is 1.83. The summed E-state index contributed by atoms with van der Waals surface area (Å²) in [6.07, 6.45) is 7.41. The molecule has 1 aliphatic heterocycles. The minimum absolute atomic E-state index is 0.121. The van der Waals surface area contributed by atoms with Crippen molar-refractivity contribution in [2.45, 2.75) is 51.3 Å². The predicted octanol–water partition coefficient (Wildman–Crippen LogP) is 3.47. The van der Waals surface area contributed by atoms with Crippen LogP contribution in [-0.2, 0) is 6.61 Å². The number of aliphatic hydroxyl groups excluding tert-OH is 1. The van der Waals surface area contributed by atoms with Crippen LogP contribution in [0.1, 0.15) is 38.1 Å². The minimum Gasteiger partial charge on any atom is -0.393 e. The lowest BCUT2D eigenvalue weighted by Crippen LogP contribution is -2.47. The van der Waals surface area contributed by atoms with Crippen molar-refractivity contribution in [1.29, 1.82) is 5.41 Å². The van der Waals surface area contributed by atoms with Crippen LogP contribution in [0.25, 0.3) is 0 Å². The average Bonchev–Trinajstić information content (AvgIpc) is 2.75. The fraction of sp³-hybridized carbons (Fsp3) is 0.500. The van der Waals surface area contributed by atoms with Crippen molar-refractivity contribution in [2.75, 3.05) is 25.0 Å². The van der Waals surface area contributed by atoms with Crippen LogP contribution < -0.4 is 16.0 Å². The first-order chi connectivity index (χ1) is 14.7. The zero-order valence-electron chi connectivity index (χ0n) is 18.5. The van der Waals surface area contributed by atoms with Crippen molar-refractivity contribution in [3.05, 3.63) is 45.3 Å². The van der Waals surface area contributed by atoms with E-state index in [2.05, 4.69) is 24.1 Å². The van der Waals surface area contributed by atoms with Crippen molar-refractivity contribution in [1.82, 2.24) is 15.3 Å². The number of nitrogens with two attached hydrogens (primary N) is 1. The fourth-order valence-corrected chi connectivity index (χ4v) is 4.87. The summed E-state index contributed by atoms with van der Waals surface area (Å²) in [6.45, 7) is 7.70. The van der Waals surface area contributed by atoms with Crippen LogP contribution in [0.3, 0.4) is 0 Å². The summed E-state index contributed by atoms with van der Waals surface area (Å²) in [4.78, 5) is 12.4. The molecule has 0 radical (unpaired) electrons. The van der Waals surface area contributed by atoms with Crippen molar-refractivity contribution in [3.63, 3.8) is 0 Å². The molecule has 7 nitrogen and oxygen atoms in total. The predicted molar refractivity (Wildman–Crippen MR) is 129 cm³/mol. The summed E-state index contributed by atoms with van der Waals surface area (Å²) < 4.78 is 0. The summed E-state index contributed by atoms with van der Waals surface area (Å²) in [7, 11) is 1.78. The number of nitrogens with zero attached hydrogens (tertiary/aromatic N) is 3. The molecule has 1 fully saturated rings. The third kappa shape index (κ3) is 4.98. The van der Waals surface area contributed by atoms with Crippen LogP contribution in [0, 0.1) is 17.7 Å². The zero-order valence-corrected chi connectivity index (χ0v) is 20.1. The Morgan fingerprint density at radius 1 is 1.39 bits per heavy atom. The van der Waals surface area contributed by atoms with E-state index in [9.17, 15) is 5.11 Å². The first-order valence-electron chi connectivity index (χ1n) is 10.4. The first-order valence-corrected chi connectivity index (χ1v) is 11.6. The van der Waals surface area contributed by atoms with Crippen molar-refractivity contribution in [3.8, 4) is 0 Å². The van der Waals surface area contributed by atoms with E-state index in [0.717, 1.165) is 47.9 Å². The fourth-order valence-electron chi connectivity index (χ4n) is 3.70. The summed E-state index contributed by atoms with van der Waals surface area (Å²) in [6, 6.07) is 0.141. The van der Waals surface area contributed by atoms with Crippen LogP contribution in [0.2, 0.25) is 0 Å². The monoisotopic (exact) mass is 462 g/mol. The van der Waals surface area contributed by atoms with Crippen molar-refractivity contribution in [2.24, 2.45) is 11.1 Å². The molecule has 3 rings (SSSR count). The lowest BCUT2D eigenvalue weighted by molar-refractivity contribution is 0.204.